The normalized spacial score (nSPS) is 33.4. The molecule has 0 spiro atoms. The third-order valence-electron chi connectivity index (χ3n) is 3.89. The molecule has 88 valence electrons. The van der Waals surface area contributed by atoms with Gasteiger partial charge >= 0.3 is 0 Å². The average Bonchev–Trinajstić information content (AvgIpc) is 2.74. The van der Waals surface area contributed by atoms with Gasteiger partial charge in [-0.1, -0.05) is 32.6 Å². The van der Waals surface area contributed by atoms with Crippen molar-refractivity contribution in [3.05, 3.63) is 0 Å². The first-order chi connectivity index (χ1) is 7.40. The first-order valence-corrected chi connectivity index (χ1v) is 7.82. The Morgan fingerprint density at radius 2 is 1.67 bits per heavy atom. The molecular formula is C13H25NS. The molecular weight excluding hydrogens is 202 g/mol. The fourth-order valence-electron chi connectivity index (χ4n) is 3.10. The number of hydrogen-bond donors (Lipinski definition) is 1. The van der Waals surface area contributed by atoms with Crippen molar-refractivity contribution in [2.45, 2.75) is 75.6 Å². The van der Waals surface area contributed by atoms with Crippen molar-refractivity contribution in [1.29, 1.82) is 0 Å². The molecule has 2 fully saturated rings. The summed E-state index contributed by atoms with van der Waals surface area (Å²) < 4.78 is 0. The number of nitrogens with one attached hydrogen (secondary N) is 1. The van der Waals surface area contributed by atoms with Crippen molar-refractivity contribution in [1.82, 2.24) is 5.32 Å². The van der Waals surface area contributed by atoms with Gasteiger partial charge in [-0.2, -0.15) is 11.8 Å². The van der Waals surface area contributed by atoms with Gasteiger partial charge in [0, 0.05) is 17.3 Å². The van der Waals surface area contributed by atoms with Crippen LogP contribution >= 0.6 is 11.8 Å². The summed E-state index contributed by atoms with van der Waals surface area (Å²) in [6.07, 6.45) is 11.6. The van der Waals surface area contributed by atoms with Crippen LogP contribution in [-0.2, 0) is 0 Å². The van der Waals surface area contributed by atoms with Gasteiger partial charge in [0.1, 0.15) is 0 Å². The molecule has 2 heteroatoms. The third kappa shape index (κ3) is 3.39. The predicted molar refractivity (Wildman–Crippen MR) is 69.6 cm³/mol. The van der Waals surface area contributed by atoms with Crippen LogP contribution in [0.1, 0.15) is 58.3 Å². The third-order valence-corrected chi connectivity index (χ3v) is 5.21. The highest BCUT2D eigenvalue weighted by Crippen LogP contribution is 2.30. The Bertz CT molecular complexity index is 175. The molecule has 0 heterocycles. The second kappa shape index (κ2) is 6.15. The maximum atomic E-state index is 3.93. The van der Waals surface area contributed by atoms with Crippen LogP contribution in [0, 0.1) is 0 Å². The van der Waals surface area contributed by atoms with Crippen LogP contribution in [-0.4, -0.2) is 23.1 Å². The Hall–Kier alpha value is 0.310. The molecule has 0 aromatic rings. The lowest BCUT2D eigenvalue weighted by Crippen LogP contribution is -2.45. The van der Waals surface area contributed by atoms with E-state index in [-0.39, 0.29) is 0 Å². The molecule has 15 heavy (non-hydrogen) atoms. The lowest BCUT2D eigenvalue weighted by atomic mass is 9.94. The first-order valence-electron chi connectivity index (χ1n) is 6.78. The zero-order valence-electron chi connectivity index (χ0n) is 10.0. The molecule has 0 aromatic heterocycles. The predicted octanol–water partition coefficient (Wildman–Crippen LogP) is 3.58. The van der Waals surface area contributed by atoms with Gasteiger partial charge in [-0.15, -0.1) is 0 Å². The van der Waals surface area contributed by atoms with Gasteiger partial charge in [0.2, 0.25) is 0 Å². The van der Waals surface area contributed by atoms with E-state index in [2.05, 4.69) is 24.0 Å². The van der Waals surface area contributed by atoms with Crippen LogP contribution < -0.4 is 5.32 Å². The van der Waals surface area contributed by atoms with E-state index in [1.165, 1.54) is 57.1 Å². The highest BCUT2D eigenvalue weighted by Gasteiger charge is 2.27. The minimum atomic E-state index is 0.826. The van der Waals surface area contributed by atoms with Gasteiger partial charge in [0.05, 0.1) is 0 Å². The van der Waals surface area contributed by atoms with E-state index in [0.717, 1.165) is 17.3 Å². The molecule has 0 saturated heterocycles. The van der Waals surface area contributed by atoms with E-state index in [4.69, 9.17) is 0 Å². The zero-order chi connectivity index (χ0) is 10.5. The molecule has 1 N–H and O–H groups in total. The van der Waals surface area contributed by atoms with Crippen LogP contribution in [0.5, 0.6) is 0 Å². The van der Waals surface area contributed by atoms with Crippen molar-refractivity contribution in [2.24, 2.45) is 0 Å². The molecule has 2 saturated carbocycles. The number of thioether (sulfide) groups is 1. The van der Waals surface area contributed by atoms with Crippen molar-refractivity contribution in [3.63, 3.8) is 0 Å². The summed E-state index contributed by atoms with van der Waals surface area (Å²) in [7, 11) is 0. The van der Waals surface area contributed by atoms with Gasteiger partial charge < -0.3 is 5.32 Å². The molecule has 2 rings (SSSR count). The summed E-state index contributed by atoms with van der Waals surface area (Å²) in [4.78, 5) is 0. The lowest BCUT2D eigenvalue weighted by Gasteiger charge is -2.33. The van der Waals surface area contributed by atoms with E-state index in [1.54, 1.807) is 0 Å². The number of rotatable bonds is 4. The highest BCUT2D eigenvalue weighted by molar-refractivity contribution is 7.99. The standard InChI is InChI=1S/C13H25NS/c1-2-15-13-10-6-5-9-12(13)14-11-7-3-4-8-11/h11-14H,2-10H2,1H3. The highest BCUT2D eigenvalue weighted by atomic mass is 32.2. The second-order valence-electron chi connectivity index (χ2n) is 5.03. The van der Waals surface area contributed by atoms with Crippen molar-refractivity contribution in [2.75, 3.05) is 5.75 Å². The van der Waals surface area contributed by atoms with Crippen molar-refractivity contribution < 1.29 is 0 Å². The average molecular weight is 227 g/mol. The maximum absolute atomic E-state index is 3.93. The first kappa shape index (κ1) is 11.8. The minimum Gasteiger partial charge on any atom is -0.310 e. The fraction of sp³-hybridized carbons (Fsp3) is 1.00. The van der Waals surface area contributed by atoms with E-state index in [1.807, 2.05) is 0 Å². The van der Waals surface area contributed by atoms with Crippen LogP contribution in [0.15, 0.2) is 0 Å². The molecule has 0 amide bonds. The molecule has 2 unspecified atom stereocenters. The quantitative estimate of drug-likeness (QED) is 0.788. The molecule has 2 aliphatic carbocycles. The Morgan fingerprint density at radius 1 is 1.00 bits per heavy atom. The summed E-state index contributed by atoms with van der Waals surface area (Å²) >= 11 is 2.18. The summed E-state index contributed by atoms with van der Waals surface area (Å²) in [5.74, 6) is 1.29. The fourth-order valence-corrected chi connectivity index (χ4v) is 4.30. The topological polar surface area (TPSA) is 12.0 Å². The van der Waals surface area contributed by atoms with Crippen LogP contribution in [0.4, 0.5) is 0 Å². The van der Waals surface area contributed by atoms with Crippen molar-refractivity contribution >= 4 is 11.8 Å². The van der Waals surface area contributed by atoms with E-state index in [9.17, 15) is 0 Å². The van der Waals surface area contributed by atoms with Gasteiger partial charge in [0.25, 0.3) is 0 Å². The van der Waals surface area contributed by atoms with Crippen molar-refractivity contribution in [3.8, 4) is 0 Å². The molecule has 0 bridgehead atoms. The molecule has 0 radical (unpaired) electrons. The molecule has 2 aliphatic rings. The monoisotopic (exact) mass is 227 g/mol. The molecule has 0 aromatic carbocycles. The minimum absolute atomic E-state index is 0.826. The van der Waals surface area contributed by atoms with Crippen LogP contribution in [0.25, 0.3) is 0 Å². The summed E-state index contributed by atoms with van der Waals surface area (Å²) in [6, 6.07) is 1.68. The smallest absolute Gasteiger partial charge is 0.0201 e. The summed E-state index contributed by atoms with van der Waals surface area (Å²) in [5, 5.41) is 4.84. The molecule has 0 aliphatic heterocycles. The van der Waals surface area contributed by atoms with E-state index in [0.29, 0.717) is 0 Å². The lowest BCUT2D eigenvalue weighted by molar-refractivity contribution is 0.346. The van der Waals surface area contributed by atoms with Gasteiger partial charge in [-0.25, -0.2) is 0 Å². The largest absolute Gasteiger partial charge is 0.310 e. The SMILES string of the molecule is CCSC1CCCCC1NC1CCCC1. The Labute approximate surface area is 98.8 Å². The van der Waals surface area contributed by atoms with E-state index < -0.39 is 0 Å². The summed E-state index contributed by atoms with van der Waals surface area (Å²) in [5.41, 5.74) is 0. The van der Waals surface area contributed by atoms with Crippen LogP contribution in [0.2, 0.25) is 0 Å². The number of hydrogen-bond acceptors (Lipinski definition) is 2. The molecule has 1 nitrogen and oxygen atoms in total. The second-order valence-corrected chi connectivity index (χ2v) is 6.55. The summed E-state index contributed by atoms with van der Waals surface area (Å²) in [6.45, 7) is 2.30. The Morgan fingerprint density at radius 3 is 2.40 bits per heavy atom. The van der Waals surface area contributed by atoms with E-state index >= 15 is 0 Å². The van der Waals surface area contributed by atoms with Gasteiger partial charge in [0.15, 0.2) is 0 Å². The van der Waals surface area contributed by atoms with Crippen LogP contribution in [0.3, 0.4) is 0 Å². The van der Waals surface area contributed by atoms with Gasteiger partial charge in [-0.05, 0) is 31.4 Å². The Balaban J connectivity index is 1.80. The Kier molecular flexibility index (Phi) is 4.83. The van der Waals surface area contributed by atoms with Gasteiger partial charge in [-0.3, -0.25) is 0 Å². The maximum Gasteiger partial charge on any atom is 0.0201 e. The molecule has 2 atom stereocenters. The zero-order valence-corrected chi connectivity index (χ0v) is 10.8.